The Morgan fingerprint density at radius 1 is 0.255 bits per heavy atom. The topological polar surface area (TPSA) is 62.7 Å². The largest absolute Gasteiger partial charge is 0.324 e. The molecule has 1 aromatic heterocycles. The van der Waals surface area contributed by atoms with Gasteiger partial charge in [-0.2, -0.15) is 15.0 Å². The van der Waals surface area contributed by atoms with E-state index in [1.54, 1.807) is 0 Å². The summed E-state index contributed by atoms with van der Waals surface area (Å²) in [6.45, 7) is 16.2. The average Bonchev–Trinajstić information content (AvgIpc) is 0.895. The van der Waals surface area contributed by atoms with Crippen molar-refractivity contribution in [3.05, 3.63) is 54.1 Å². The summed E-state index contributed by atoms with van der Waals surface area (Å²) in [5, 5.41) is 7.79. The summed E-state index contributed by atoms with van der Waals surface area (Å²) in [6.07, 6.45) is 65.8. The van der Waals surface area contributed by atoms with Crippen molar-refractivity contribution >= 4 is 93.8 Å². The van der Waals surface area contributed by atoms with E-state index >= 15 is 0 Å². The number of aryl methyl sites for hydroxylation is 1. The first-order valence-electron chi connectivity index (χ1n) is 40.0. The minimum absolute atomic E-state index is 0.593. The van der Waals surface area contributed by atoms with Crippen LogP contribution in [-0.2, 0) is 6.42 Å². The third-order valence-corrected chi connectivity index (χ3v) is 25.8. The van der Waals surface area contributed by atoms with Crippen molar-refractivity contribution in [1.29, 1.82) is 0 Å². The second-order valence-corrected chi connectivity index (χ2v) is 33.9. The monoisotopic (exact) mass is 1400 g/mol. The Bertz CT molecular complexity index is 2180. The maximum atomic E-state index is 5.36. The molecular weight excluding hydrogens is 1260 g/mol. The number of hydrogen-bond donors (Lipinski definition) is 2. The molecule has 4 aromatic rings. The van der Waals surface area contributed by atoms with Gasteiger partial charge in [-0.05, 0) is 109 Å². The van der Waals surface area contributed by atoms with Crippen molar-refractivity contribution in [3.8, 4) is 11.4 Å². The van der Waals surface area contributed by atoms with Gasteiger partial charge in [0.2, 0.25) is 11.9 Å². The van der Waals surface area contributed by atoms with Crippen LogP contribution < -0.4 is 10.6 Å². The van der Waals surface area contributed by atoms with Gasteiger partial charge in [0.25, 0.3) is 0 Å². The lowest BCUT2D eigenvalue weighted by molar-refractivity contribution is 0.586. The summed E-state index contributed by atoms with van der Waals surface area (Å²) in [7, 11) is 0. The van der Waals surface area contributed by atoms with E-state index in [0.29, 0.717) is 17.7 Å². The zero-order valence-electron chi connectivity index (χ0n) is 61.8. The minimum Gasteiger partial charge on any atom is -0.324 e. The molecule has 0 radical (unpaired) electrons. The molecule has 0 fully saturated rings. The molecule has 2 N–H and O–H groups in total. The second-order valence-electron chi connectivity index (χ2n) is 27.2. The summed E-state index contributed by atoms with van der Waals surface area (Å²) in [5.74, 6) is 8.85. The molecular formula is C83H141N5S6. The quantitative estimate of drug-likeness (QED) is 0.0328. The molecule has 0 saturated heterocycles. The number of anilines is 4. The van der Waals surface area contributed by atoms with Crippen molar-refractivity contribution in [1.82, 2.24) is 15.0 Å². The normalized spacial score (nSPS) is 11.6. The fourth-order valence-electron chi connectivity index (χ4n) is 12.3. The van der Waals surface area contributed by atoms with Crippen LogP contribution in [0.3, 0.4) is 0 Å². The molecule has 5 nitrogen and oxygen atoms in total. The van der Waals surface area contributed by atoms with E-state index < -0.39 is 0 Å². The van der Waals surface area contributed by atoms with Crippen LogP contribution in [0.1, 0.15) is 362 Å². The van der Waals surface area contributed by atoms with E-state index in [9.17, 15) is 0 Å². The van der Waals surface area contributed by atoms with Crippen molar-refractivity contribution in [2.24, 2.45) is 0 Å². The number of hydrogen-bond acceptors (Lipinski definition) is 11. The third-order valence-electron chi connectivity index (χ3n) is 18.3. The Labute approximate surface area is 607 Å². The van der Waals surface area contributed by atoms with Gasteiger partial charge in [0.1, 0.15) is 0 Å². The Kier molecular flexibility index (Phi) is 54.3. The molecule has 0 saturated carbocycles. The van der Waals surface area contributed by atoms with Gasteiger partial charge in [-0.3, -0.25) is 0 Å². The predicted octanol–water partition coefficient (Wildman–Crippen LogP) is 31.0. The van der Waals surface area contributed by atoms with Gasteiger partial charge in [0, 0.05) is 46.3 Å². The number of thioether (sulfide) groups is 6. The lowest BCUT2D eigenvalue weighted by Crippen LogP contribution is -2.06. The fraction of sp³-hybridized carbons (Fsp3) is 0.747. The average molecular weight is 1400 g/mol. The van der Waals surface area contributed by atoms with Gasteiger partial charge in [0.05, 0.1) is 0 Å². The molecule has 0 spiro atoms. The summed E-state index contributed by atoms with van der Waals surface area (Å²) < 4.78 is 0. The lowest BCUT2D eigenvalue weighted by atomic mass is 10.1. The zero-order chi connectivity index (χ0) is 66.8. The van der Waals surface area contributed by atoms with Crippen LogP contribution in [0.25, 0.3) is 11.4 Å². The Hall–Kier alpha value is -1.63. The highest BCUT2D eigenvalue weighted by Gasteiger charge is 2.19. The highest BCUT2D eigenvalue weighted by Crippen LogP contribution is 2.45. The highest BCUT2D eigenvalue weighted by molar-refractivity contribution is 8.04. The maximum absolute atomic E-state index is 5.36. The Balaban J connectivity index is 1.76. The molecule has 0 bridgehead atoms. The van der Waals surface area contributed by atoms with Gasteiger partial charge in [-0.25, -0.2) is 0 Å². The molecule has 0 aliphatic heterocycles. The number of aromatic nitrogens is 3. The highest BCUT2D eigenvalue weighted by atomic mass is 32.2. The fourth-order valence-corrected chi connectivity index (χ4v) is 19.8. The van der Waals surface area contributed by atoms with E-state index in [0.717, 1.165) is 46.4 Å². The third kappa shape index (κ3) is 41.2. The van der Waals surface area contributed by atoms with Gasteiger partial charge in [-0.15, -0.1) is 70.6 Å². The SMILES string of the molecule is CCCCCCCCCCSc1cc(Nc2nc(Nc3cc(SCCCCCCCCCC)c(SCCCCCCCCCC)c(SCCCCCCCCCC)c3)nc(-c3ccc(CC)cc3)n2)cc(SCCCCCCCCCC)c1SCCCCCCCCCC. The van der Waals surface area contributed by atoms with Gasteiger partial charge < -0.3 is 10.6 Å². The van der Waals surface area contributed by atoms with E-state index in [2.05, 4.69) is 178 Å². The maximum Gasteiger partial charge on any atom is 0.232 e. The molecule has 1 heterocycles. The molecule has 534 valence electrons. The van der Waals surface area contributed by atoms with Crippen LogP contribution >= 0.6 is 70.6 Å². The number of benzene rings is 3. The lowest BCUT2D eigenvalue weighted by Gasteiger charge is -2.19. The molecule has 0 atom stereocenters. The van der Waals surface area contributed by atoms with E-state index in [1.165, 1.54) is 355 Å². The Morgan fingerprint density at radius 2 is 0.479 bits per heavy atom. The van der Waals surface area contributed by atoms with E-state index in [1.807, 2.05) is 0 Å². The van der Waals surface area contributed by atoms with Gasteiger partial charge in [-0.1, -0.05) is 342 Å². The molecule has 3 aromatic carbocycles. The van der Waals surface area contributed by atoms with Crippen LogP contribution in [0.5, 0.6) is 0 Å². The molecule has 94 heavy (non-hydrogen) atoms. The summed E-state index contributed by atoms with van der Waals surface area (Å²) >= 11 is 12.7. The van der Waals surface area contributed by atoms with Crippen molar-refractivity contribution in [2.45, 2.75) is 392 Å². The van der Waals surface area contributed by atoms with Gasteiger partial charge in [0.15, 0.2) is 5.82 Å². The summed E-state index contributed by atoms with van der Waals surface area (Å²) in [4.78, 5) is 24.7. The first-order chi connectivity index (χ1) is 46.5. The van der Waals surface area contributed by atoms with Crippen LogP contribution in [0.2, 0.25) is 0 Å². The number of nitrogens with zero attached hydrogens (tertiary/aromatic N) is 3. The number of rotatable bonds is 66. The molecule has 0 unspecified atom stereocenters. The molecule has 0 aliphatic rings. The standard InChI is InChI=1S/C83H141N5S6/c1-8-15-21-27-33-39-45-51-61-89-75-67-73(68-76(90-62-52-46-40-34-28-22-16-9-2)79(75)93-65-55-49-43-37-31-25-19-12-5)84-82-86-81(72-59-57-71(14-7)58-60-72)87-83(88-82)85-74-69-77(91-63-53-47-41-35-29-23-17-10-3)80(94-66-56-50-44-38-32-26-20-13-6)78(70-74)92-64-54-48-42-36-30-24-18-11-4/h57-60,67-70H,8-56,61-66H2,1-7H3,(H2,84,85,86,87,88). The van der Waals surface area contributed by atoms with Gasteiger partial charge >= 0.3 is 0 Å². The first-order valence-corrected chi connectivity index (χ1v) is 45.9. The molecule has 0 aliphatic carbocycles. The molecule has 11 heteroatoms. The smallest absolute Gasteiger partial charge is 0.232 e. The molecule has 4 rings (SSSR count). The second kappa shape index (κ2) is 60.2. The zero-order valence-corrected chi connectivity index (χ0v) is 66.7. The number of nitrogens with one attached hydrogen (secondary N) is 2. The van der Waals surface area contributed by atoms with Crippen LogP contribution in [-0.4, -0.2) is 49.5 Å². The van der Waals surface area contributed by atoms with Crippen molar-refractivity contribution in [3.63, 3.8) is 0 Å². The summed E-state index contributed by atoms with van der Waals surface area (Å²) in [6, 6.07) is 18.7. The van der Waals surface area contributed by atoms with E-state index in [4.69, 9.17) is 15.0 Å². The number of unbranched alkanes of at least 4 members (excludes halogenated alkanes) is 42. The van der Waals surface area contributed by atoms with Crippen LogP contribution in [0, 0.1) is 0 Å². The van der Waals surface area contributed by atoms with E-state index in [-0.39, 0.29) is 0 Å². The van der Waals surface area contributed by atoms with Crippen LogP contribution in [0.4, 0.5) is 23.3 Å². The Morgan fingerprint density at radius 3 is 0.713 bits per heavy atom. The van der Waals surface area contributed by atoms with Crippen LogP contribution in [0.15, 0.2) is 77.9 Å². The van der Waals surface area contributed by atoms with Crippen molar-refractivity contribution < 1.29 is 0 Å². The first kappa shape index (κ1) is 84.8. The minimum atomic E-state index is 0.593. The summed E-state index contributed by atoms with van der Waals surface area (Å²) in [5.41, 5.74) is 4.49. The molecule has 0 amide bonds. The predicted molar refractivity (Wildman–Crippen MR) is 434 cm³/mol. The van der Waals surface area contributed by atoms with Crippen molar-refractivity contribution in [2.75, 3.05) is 45.2 Å².